The summed E-state index contributed by atoms with van der Waals surface area (Å²) in [7, 11) is 0. The normalized spacial score (nSPS) is 19.1. The molecule has 2 rings (SSSR count). The van der Waals surface area contributed by atoms with Crippen LogP contribution in [0.5, 0.6) is 0 Å². The van der Waals surface area contributed by atoms with Crippen LogP contribution in [0, 0.1) is 12.8 Å². The predicted octanol–water partition coefficient (Wildman–Crippen LogP) is 3.52. The van der Waals surface area contributed by atoms with Crippen molar-refractivity contribution in [3.05, 3.63) is 17.8 Å². The van der Waals surface area contributed by atoms with Gasteiger partial charge in [0.1, 0.15) is 10.6 Å². The highest BCUT2D eigenvalue weighted by Gasteiger charge is 2.27. The second-order valence-electron chi connectivity index (χ2n) is 6.76. The fourth-order valence-electron chi connectivity index (χ4n) is 2.36. The first-order chi connectivity index (χ1) is 10.3. The zero-order valence-electron chi connectivity index (χ0n) is 13.8. The van der Waals surface area contributed by atoms with Gasteiger partial charge in [0.25, 0.3) is 0 Å². The zero-order chi connectivity index (χ0) is 16.2. The zero-order valence-corrected chi connectivity index (χ0v) is 14.7. The summed E-state index contributed by atoms with van der Waals surface area (Å²) in [5.41, 5.74) is 0.495. The molecule has 1 aliphatic rings. The van der Waals surface area contributed by atoms with Crippen molar-refractivity contribution in [2.24, 2.45) is 5.92 Å². The van der Waals surface area contributed by atoms with Crippen LogP contribution in [0.3, 0.4) is 0 Å². The van der Waals surface area contributed by atoms with Gasteiger partial charge in [-0.15, -0.1) is 16.9 Å². The molecule has 5 nitrogen and oxygen atoms in total. The summed E-state index contributed by atoms with van der Waals surface area (Å²) in [5.74, 6) is 1.44. The maximum absolute atomic E-state index is 12.1. The summed E-state index contributed by atoms with van der Waals surface area (Å²) >= 11 is 1.71. The number of piperidine rings is 1. The van der Waals surface area contributed by atoms with Crippen molar-refractivity contribution in [1.82, 2.24) is 15.1 Å². The number of nitrogens with zero attached hydrogens (tertiary/aromatic N) is 3. The first-order valence-electron chi connectivity index (χ1n) is 7.74. The molecule has 0 aliphatic carbocycles. The van der Waals surface area contributed by atoms with Crippen molar-refractivity contribution in [2.75, 3.05) is 18.8 Å². The van der Waals surface area contributed by atoms with E-state index < -0.39 is 5.60 Å². The van der Waals surface area contributed by atoms with E-state index in [2.05, 4.69) is 10.2 Å². The molecule has 1 aromatic rings. The van der Waals surface area contributed by atoms with Crippen molar-refractivity contribution in [2.45, 2.75) is 51.2 Å². The van der Waals surface area contributed by atoms with Crippen LogP contribution in [0.1, 0.15) is 39.3 Å². The largest absolute Gasteiger partial charge is 0.444 e. The summed E-state index contributed by atoms with van der Waals surface area (Å²) in [6.45, 7) is 9.19. The molecular weight excluding hydrogens is 298 g/mol. The van der Waals surface area contributed by atoms with Crippen LogP contribution in [-0.4, -0.2) is 45.6 Å². The Morgan fingerprint density at radius 3 is 2.82 bits per heavy atom. The number of hydrogen-bond acceptors (Lipinski definition) is 5. The molecular formula is C16H25N3O2S. The molecule has 0 radical (unpaired) electrons. The van der Waals surface area contributed by atoms with Gasteiger partial charge in [-0.1, -0.05) is 0 Å². The Bertz CT molecular complexity index is 499. The Morgan fingerprint density at radius 1 is 1.41 bits per heavy atom. The molecule has 6 heteroatoms. The standard InChI is InChI=1S/C16H25N3O2S/c1-12-7-8-14(18-17-12)22-11-13-6-5-9-19(10-13)15(20)21-16(2,3)4/h7-8,13H,5-6,9-11H2,1-4H3/t13-/m0/s1. The van der Waals surface area contributed by atoms with Gasteiger partial charge in [0, 0.05) is 18.8 Å². The molecule has 122 valence electrons. The van der Waals surface area contributed by atoms with E-state index in [0.717, 1.165) is 42.4 Å². The highest BCUT2D eigenvalue weighted by atomic mass is 32.2. The molecule has 1 aliphatic heterocycles. The van der Waals surface area contributed by atoms with Crippen LogP contribution in [0.15, 0.2) is 17.2 Å². The van der Waals surface area contributed by atoms with Gasteiger partial charge in [0.05, 0.1) is 5.69 Å². The van der Waals surface area contributed by atoms with Gasteiger partial charge in [-0.25, -0.2) is 4.79 Å². The van der Waals surface area contributed by atoms with Crippen molar-refractivity contribution < 1.29 is 9.53 Å². The van der Waals surface area contributed by atoms with E-state index in [1.807, 2.05) is 44.7 Å². The smallest absolute Gasteiger partial charge is 0.410 e. The number of carbonyl (C=O) groups excluding carboxylic acids is 1. The van der Waals surface area contributed by atoms with E-state index >= 15 is 0 Å². The van der Waals surface area contributed by atoms with Crippen molar-refractivity contribution in [3.8, 4) is 0 Å². The third kappa shape index (κ3) is 5.48. The number of aryl methyl sites for hydroxylation is 1. The average Bonchev–Trinajstić information content (AvgIpc) is 2.45. The minimum atomic E-state index is -0.434. The van der Waals surface area contributed by atoms with Gasteiger partial charge in [-0.05, 0) is 58.6 Å². The molecule has 1 amide bonds. The predicted molar refractivity (Wildman–Crippen MR) is 88.0 cm³/mol. The molecule has 0 unspecified atom stereocenters. The van der Waals surface area contributed by atoms with Crippen molar-refractivity contribution >= 4 is 17.9 Å². The Balaban J connectivity index is 1.82. The van der Waals surface area contributed by atoms with Crippen LogP contribution >= 0.6 is 11.8 Å². The number of likely N-dealkylation sites (tertiary alicyclic amines) is 1. The molecule has 1 atom stereocenters. The summed E-state index contributed by atoms with van der Waals surface area (Å²) in [6, 6.07) is 3.98. The maximum Gasteiger partial charge on any atom is 0.410 e. The monoisotopic (exact) mass is 323 g/mol. The van der Waals surface area contributed by atoms with Gasteiger partial charge in [-0.2, -0.15) is 5.10 Å². The summed E-state index contributed by atoms with van der Waals surface area (Å²) in [6.07, 6.45) is 1.98. The minimum Gasteiger partial charge on any atom is -0.444 e. The fourth-order valence-corrected chi connectivity index (χ4v) is 3.30. The summed E-state index contributed by atoms with van der Waals surface area (Å²) in [4.78, 5) is 14.0. The number of hydrogen-bond donors (Lipinski definition) is 0. The molecule has 2 heterocycles. The molecule has 22 heavy (non-hydrogen) atoms. The van der Waals surface area contributed by atoms with Gasteiger partial charge in [0.15, 0.2) is 0 Å². The van der Waals surface area contributed by atoms with Gasteiger partial charge in [-0.3, -0.25) is 0 Å². The van der Waals surface area contributed by atoms with Crippen LogP contribution in [-0.2, 0) is 4.74 Å². The minimum absolute atomic E-state index is 0.197. The number of aromatic nitrogens is 2. The van der Waals surface area contributed by atoms with E-state index in [4.69, 9.17) is 4.74 Å². The van der Waals surface area contributed by atoms with Gasteiger partial charge in [0.2, 0.25) is 0 Å². The topological polar surface area (TPSA) is 55.3 Å². The fraction of sp³-hybridized carbons (Fsp3) is 0.688. The molecule has 0 spiro atoms. The van der Waals surface area contributed by atoms with E-state index in [1.165, 1.54) is 0 Å². The van der Waals surface area contributed by atoms with E-state index in [9.17, 15) is 4.79 Å². The Morgan fingerprint density at radius 2 is 2.18 bits per heavy atom. The van der Waals surface area contributed by atoms with E-state index in [0.29, 0.717) is 5.92 Å². The highest BCUT2D eigenvalue weighted by Crippen LogP contribution is 2.25. The Labute approximate surface area is 136 Å². The van der Waals surface area contributed by atoms with Crippen molar-refractivity contribution in [3.63, 3.8) is 0 Å². The summed E-state index contributed by atoms with van der Waals surface area (Å²) in [5, 5.41) is 9.19. The highest BCUT2D eigenvalue weighted by molar-refractivity contribution is 7.99. The summed E-state index contributed by atoms with van der Waals surface area (Å²) < 4.78 is 5.46. The Hall–Kier alpha value is -1.30. The first-order valence-corrected chi connectivity index (χ1v) is 8.73. The molecule has 0 saturated carbocycles. The van der Waals surface area contributed by atoms with Crippen LogP contribution in [0.2, 0.25) is 0 Å². The lowest BCUT2D eigenvalue weighted by Crippen LogP contribution is -2.43. The SMILES string of the molecule is Cc1ccc(SC[C@H]2CCCN(C(=O)OC(C)(C)C)C2)nn1. The van der Waals surface area contributed by atoms with Gasteiger partial charge < -0.3 is 9.64 Å². The second-order valence-corrected chi connectivity index (χ2v) is 7.80. The average molecular weight is 323 g/mol. The Kier molecular flexibility index (Phi) is 5.67. The molecule has 0 aromatic carbocycles. The van der Waals surface area contributed by atoms with Crippen molar-refractivity contribution in [1.29, 1.82) is 0 Å². The molecule has 1 aromatic heterocycles. The van der Waals surface area contributed by atoms with E-state index in [1.54, 1.807) is 11.8 Å². The number of thioether (sulfide) groups is 1. The molecule has 1 fully saturated rings. The third-order valence-corrected chi connectivity index (χ3v) is 4.56. The van der Waals surface area contributed by atoms with Crippen LogP contribution in [0.25, 0.3) is 0 Å². The number of carbonyl (C=O) groups is 1. The molecule has 1 saturated heterocycles. The van der Waals surface area contributed by atoms with Gasteiger partial charge >= 0.3 is 6.09 Å². The van der Waals surface area contributed by atoms with E-state index in [-0.39, 0.29) is 6.09 Å². The lowest BCUT2D eigenvalue weighted by molar-refractivity contribution is 0.0177. The second kappa shape index (κ2) is 7.31. The number of rotatable bonds is 3. The lowest BCUT2D eigenvalue weighted by atomic mass is 10.0. The molecule has 0 N–H and O–H groups in total. The number of amides is 1. The quantitative estimate of drug-likeness (QED) is 0.797. The van der Waals surface area contributed by atoms with Crippen LogP contribution < -0.4 is 0 Å². The lowest BCUT2D eigenvalue weighted by Gasteiger charge is -2.34. The third-order valence-electron chi connectivity index (χ3n) is 3.41. The maximum atomic E-state index is 12.1. The first kappa shape index (κ1) is 17.1. The van der Waals surface area contributed by atoms with Crippen LogP contribution in [0.4, 0.5) is 4.79 Å². The number of ether oxygens (including phenoxy) is 1. The molecule has 0 bridgehead atoms.